The van der Waals surface area contributed by atoms with Gasteiger partial charge in [0.2, 0.25) is 0 Å². The summed E-state index contributed by atoms with van der Waals surface area (Å²) in [7, 11) is 0. The smallest absolute Gasteiger partial charge is 0.266 e. The molecule has 1 saturated carbocycles. The van der Waals surface area contributed by atoms with Crippen LogP contribution < -0.4 is 0 Å². The summed E-state index contributed by atoms with van der Waals surface area (Å²) in [6.45, 7) is 5.89. The van der Waals surface area contributed by atoms with E-state index in [0.717, 1.165) is 18.6 Å². The fourth-order valence-electron chi connectivity index (χ4n) is 2.79. The minimum absolute atomic E-state index is 0.0425. The summed E-state index contributed by atoms with van der Waals surface area (Å²) < 4.78 is 6.20. The molecule has 1 aliphatic carbocycles. The Labute approximate surface area is 142 Å². The molecule has 22 heavy (non-hydrogen) atoms. The van der Waals surface area contributed by atoms with Gasteiger partial charge in [0, 0.05) is 12.1 Å². The zero-order chi connectivity index (χ0) is 16.1. The first-order valence-corrected chi connectivity index (χ1v) is 9.21. The lowest BCUT2D eigenvalue weighted by Gasteiger charge is -2.29. The molecule has 1 aliphatic heterocycles. The van der Waals surface area contributed by atoms with Crippen LogP contribution in [0, 0.1) is 6.92 Å². The van der Waals surface area contributed by atoms with Crippen LogP contribution in [-0.2, 0) is 4.79 Å². The van der Waals surface area contributed by atoms with Gasteiger partial charge in [-0.25, -0.2) is 0 Å². The molecule has 0 bridgehead atoms. The normalized spacial score (nSPS) is 21.2. The van der Waals surface area contributed by atoms with Gasteiger partial charge in [-0.15, -0.1) is 0 Å². The monoisotopic (exact) mass is 337 g/mol. The third-order valence-electron chi connectivity index (χ3n) is 3.80. The van der Waals surface area contributed by atoms with E-state index in [9.17, 15) is 4.79 Å². The molecule has 1 amide bonds. The van der Waals surface area contributed by atoms with Gasteiger partial charge < -0.3 is 4.42 Å². The summed E-state index contributed by atoms with van der Waals surface area (Å²) in [6.07, 6.45) is 7.59. The van der Waals surface area contributed by atoms with Gasteiger partial charge in [-0.3, -0.25) is 9.69 Å². The average molecular weight is 338 g/mol. The van der Waals surface area contributed by atoms with Gasteiger partial charge in [0.15, 0.2) is 0 Å². The van der Waals surface area contributed by atoms with E-state index in [2.05, 4.69) is 0 Å². The predicted molar refractivity (Wildman–Crippen MR) is 96.7 cm³/mol. The van der Waals surface area contributed by atoms with E-state index in [1.807, 2.05) is 37.8 Å². The van der Waals surface area contributed by atoms with Gasteiger partial charge >= 0.3 is 0 Å². The number of aryl methyl sites for hydroxylation is 1. The molecule has 0 radical (unpaired) electrons. The molecule has 0 N–H and O–H groups in total. The maximum absolute atomic E-state index is 12.5. The number of amides is 1. The quantitative estimate of drug-likeness (QED) is 0.552. The Hall–Kier alpha value is -1.07. The number of rotatable bonds is 2. The van der Waals surface area contributed by atoms with Gasteiger partial charge in [-0.2, -0.15) is 0 Å². The number of hydrogen-bond acceptors (Lipinski definition) is 4. The number of thiocarbonyl (C=S) groups is 1. The Morgan fingerprint density at radius 1 is 1.27 bits per heavy atom. The van der Waals surface area contributed by atoms with E-state index in [-0.39, 0.29) is 5.91 Å². The molecule has 3 rings (SSSR count). The van der Waals surface area contributed by atoms with E-state index in [1.54, 1.807) is 6.08 Å². The van der Waals surface area contributed by atoms with Gasteiger partial charge in [0.25, 0.3) is 5.91 Å². The summed E-state index contributed by atoms with van der Waals surface area (Å²) >= 11 is 6.78. The number of nitrogens with zero attached hydrogens (tertiary/aromatic N) is 1. The fraction of sp³-hybridized carbons (Fsp3) is 0.529. The van der Waals surface area contributed by atoms with Gasteiger partial charge in [-0.05, 0) is 31.9 Å². The van der Waals surface area contributed by atoms with Crippen molar-refractivity contribution in [3.63, 3.8) is 0 Å². The maximum atomic E-state index is 12.5. The molecule has 1 saturated heterocycles. The van der Waals surface area contributed by atoms with E-state index in [0.29, 0.717) is 21.0 Å². The molecule has 1 aromatic rings. The highest BCUT2D eigenvalue weighted by atomic mass is 32.2. The lowest BCUT2D eigenvalue weighted by molar-refractivity contribution is -0.124. The van der Waals surface area contributed by atoms with Crippen LogP contribution in [-0.4, -0.2) is 21.2 Å². The molecule has 2 fully saturated rings. The largest absolute Gasteiger partial charge is 0.462 e. The first-order valence-electron chi connectivity index (χ1n) is 7.98. The molecule has 0 aromatic carbocycles. The molecule has 3 nitrogen and oxygen atoms in total. The van der Waals surface area contributed by atoms with Crippen LogP contribution >= 0.6 is 24.0 Å². The second-order valence-electron chi connectivity index (χ2n) is 5.29. The summed E-state index contributed by atoms with van der Waals surface area (Å²) in [4.78, 5) is 15.0. The molecule has 1 aromatic heterocycles. The van der Waals surface area contributed by atoms with Gasteiger partial charge in [0.05, 0.1) is 4.91 Å². The van der Waals surface area contributed by atoms with Crippen molar-refractivity contribution in [3.05, 3.63) is 28.6 Å². The molecule has 2 aliphatic rings. The van der Waals surface area contributed by atoms with E-state index < -0.39 is 0 Å². The first kappa shape index (κ1) is 17.3. The Kier molecular flexibility index (Phi) is 6.26. The van der Waals surface area contributed by atoms with Crippen molar-refractivity contribution in [2.24, 2.45) is 0 Å². The summed E-state index contributed by atoms with van der Waals surface area (Å²) in [6, 6.07) is 4.07. The predicted octanol–water partition coefficient (Wildman–Crippen LogP) is 5.15. The van der Waals surface area contributed by atoms with Crippen molar-refractivity contribution in [3.8, 4) is 0 Å². The van der Waals surface area contributed by atoms with Crippen LogP contribution in [0.5, 0.6) is 0 Å². The lowest BCUT2D eigenvalue weighted by Crippen LogP contribution is -2.39. The van der Waals surface area contributed by atoms with Gasteiger partial charge in [-0.1, -0.05) is 57.1 Å². The van der Waals surface area contributed by atoms with Crippen LogP contribution in [0.1, 0.15) is 57.5 Å². The third kappa shape index (κ3) is 3.82. The molecule has 120 valence electrons. The van der Waals surface area contributed by atoms with Gasteiger partial charge in [0.1, 0.15) is 15.8 Å². The van der Waals surface area contributed by atoms with Crippen molar-refractivity contribution < 1.29 is 9.21 Å². The second-order valence-corrected chi connectivity index (χ2v) is 6.97. The van der Waals surface area contributed by atoms with E-state index in [1.165, 1.54) is 31.0 Å². The van der Waals surface area contributed by atoms with Crippen molar-refractivity contribution in [1.82, 2.24) is 4.90 Å². The number of carbonyl (C=O) groups excluding carboxylic acids is 1. The number of hydrogen-bond donors (Lipinski definition) is 0. The standard InChI is InChI=1S/C15H17NO2S2.C2H6/c1-10-7-8-12(18-10)9-13-14(17)16(15(19)20-13)11-5-3-2-4-6-11;1-2/h7-9,11H,2-6H2,1H3;1-2H3/b13-9-;. The number of furan rings is 1. The molecule has 0 unspecified atom stereocenters. The van der Waals surface area contributed by atoms with Crippen LogP contribution in [0.4, 0.5) is 0 Å². The summed E-state index contributed by atoms with van der Waals surface area (Å²) in [5.41, 5.74) is 0. The average Bonchev–Trinajstić information content (AvgIpc) is 3.06. The Balaban J connectivity index is 0.000000847. The van der Waals surface area contributed by atoms with Crippen molar-refractivity contribution in [1.29, 1.82) is 0 Å². The minimum atomic E-state index is 0.0425. The van der Waals surface area contributed by atoms with Crippen molar-refractivity contribution >= 4 is 40.3 Å². The van der Waals surface area contributed by atoms with Crippen LogP contribution in [0.3, 0.4) is 0 Å². The maximum Gasteiger partial charge on any atom is 0.266 e. The van der Waals surface area contributed by atoms with E-state index >= 15 is 0 Å². The molecule has 5 heteroatoms. The molecule has 2 heterocycles. The second kappa shape index (κ2) is 7.97. The van der Waals surface area contributed by atoms with Crippen LogP contribution in [0.25, 0.3) is 6.08 Å². The molecular formula is C17H23NO2S2. The summed E-state index contributed by atoms with van der Waals surface area (Å²) in [5.74, 6) is 1.60. The lowest BCUT2D eigenvalue weighted by atomic mass is 9.94. The Morgan fingerprint density at radius 2 is 1.95 bits per heavy atom. The van der Waals surface area contributed by atoms with Crippen molar-refractivity contribution in [2.45, 2.75) is 58.9 Å². The highest BCUT2D eigenvalue weighted by Gasteiger charge is 2.37. The Bertz CT molecular complexity index is 571. The number of thioether (sulfide) groups is 1. The number of carbonyl (C=O) groups is 1. The first-order chi connectivity index (χ1) is 10.6. The van der Waals surface area contributed by atoms with Crippen molar-refractivity contribution in [2.75, 3.05) is 0 Å². The molecule has 0 atom stereocenters. The Morgan fingerprint density at radius 3 is 2.55 bits per heavy atom. The minimum Gasteiger partial charge on any atom is -0.462 e. The fourth-order valence-corrected chi connectivity index (χ4v) is 4.17. The molecular weight excluding hydrogens is 314 g/mol. The topological polar surface area (TPSA) is 33.5 Å². The molecule has 0 spiro atoms. The van der Waals surface area contributed by atoms with E-state index in [4.69, 9.17) is 16.6 Å². The van der Waals surface area contributed by atoms with Crippen LogP contribution in [0.2, 0.25) is 0 Å². The highest BCUT2D eigenvalue weighted by Crippen LogP contribution is 2.37. The highest BCUT2D eigenvalue weighted by molar-refractivity contribution is 8.26. The third-order valence-corrected chi connectivity index (χ3v) is 5.13. The van der Waals surface area contributed by atoms with Crippen LogP contribution in [0.15, 0.2) is 21.5 Å². The SMILES string of the molecule is CC.Cc1ccc(/C=C2\SC(=S)N(C3CCCCC3)C2=O)o1. The zero-order valence-corrected chi connectivity index (χ0v) is 15.1. The summed E-state index contributed by atoms with van der Waals surface area (Å²) in [5, 5.41) is 0. The zero-order valence-electron chi connectivity index (χ0n) is 13.4.